The quantitative estimate of drug-likeness (QED) is 0.865. The molecule has 3 aliphatic rings. The van der Waals surface area contributed by atoms with Gasteiger partial charge in [-0.3, -0.25) is 0 Å². The first-order valence-corrected chi connectivity index (χ1v) is 8.55. The van der Waals surface area contributed by atoms with E-state index in [0.717, 1.165) is 24.9 Å². The number of likely N-dealkylation sites (N-methyl/N-ethyl adjacent to an activating group) is 1. The second kappa shape index (κ2) is 5.39. The van der Waals surface area contributed by atoms with E-state index in [2.05, 4.69) is 24.1 Å². The highest BCUT2D eigenvalue weighted by molar-refractivity contribution is 5.57. The first kappa shape index (κ1) is 15.8. The lowest BCUT2D eigenvalue weighted by atomic mass is 9.53. The first-order chi connectivity index (χ1) is 11.5. The fourth-order valence-electron chi connectivity index (χ4n) is 5.20. The van der Waals surface area contributed by atoms with Crippen molar-refractivity contribution in [1.29, 1.82) is 0 Å². The molecule has 1 aliphatic heterocycles. The molecule has 5 heteroatoms. The fraction of sp³-hybridized carbons (Fsp3) is 0.579. The summed E-state index contributed by atoms with van der Waals surface area (Å²) in [5, 5.41) is 21.5. The predicted octanol–water partition coefficient (Wildman–Crippen LogP) is 1.81. The Morgan fingerprint density at radius 1 is 1.25 bits per heavy atom. The van der Waals surface area contributed by atoms with Gasteiger partial charge >= 0.3 is 0 Å². The van der Waals surface area contributed by atoms with Gasteiger partial charge in [-0.2, -0.15) is 0 Å². The van der Waals surface area contributed by atoms with E-state index >= 15 is 0 Å². The summed E-state index contributed by atoms with van der Waals surface area (Å²) in [6.07, 6.45) is 3.83. The van der Waals surface area contributed by atoms with Crippen molar-refractivity contribution in [3.63, 3.8) is 0 Å². The van der Waals surface area contributed by atoms with Crippen molar-refractivity contribution in [3.8, 4) is 11.5 Å². The highest BCUT2D eigenvalue weighted by Crippen LogP contribution is 2.58. The molecule has 2 aliphatic carbocycles. The predicted molar refractivity (Wildman–Crippen MR) is 90.3 cm³/mol. The van der Waals surface area contributed by atoms with Crippen LogP contribution in [-0.2, 0) is 16.6 Å². The summed E-state index contributed by atoms with van der Waals surface area (Å²) in [7, 11) is 5.35. The maximum absolute atomic E-state index is 10.9. The van der Waals surface area contributed by atoms with E-state index in [4.69, 9.17) is 9.47 Å². The molecular formula is C19H25NO4. The Morgan fingerprint density at radius 2 is 2.04 bits per heavy atom. The summed E-state index contributed by atoms with van der Waals surface area (Å²) in [5.74, 6) is 1.63. The van der Waals surface area contributed by atoms with E-state index in [-0.39, 0.29) is 17.1 Å². The number of hydrogen-bond acceptors (Lipinski definition) is 5. The number of fused-ring (bicyclic) bond motifs is 1. The lowest BCUT2D eigenvalue weighted by Crippen LogP contribution is -2.60. The molecule has 1 aromatic carbocycles. The maximum Gasteiger partial charge on any atom is 0.161 e. The van der Waals surface area contributed by atoms with E-state index in [1.165, 1.54) is 5.56 Å². The number of aliphatic hydroxyl groups is 1. The van der Waals surface area contributed by atoms with Gasteiger partial charge in [-0.15, -0.1) is 0 Å². The average Bonchev–Trinajstić information content (AvgIpc) is 2.57. The van der Waals surface area contributed by atoms with E-state index in [0.29, 0.717) is 24.0 Å². The first-order valence-electron chi connectivity index (χ1n) is 8.55. The van der Waals surface area contributed by atoms with Crippen LogP contribution >= 0.6 is 0 Å². The second-order valence-electron chi connectivity index (χ2n) is 7.33. The summed E-state index contributed by atoms with van der Waals surface area (Å²) >= 11 is 0. The standard InChI is InChI=1S/C19H25NO4/c1-20-7-6-19-10-14(21)16(24-3)9-12(19)13(20)8-11-4-5-15(23-2)18(22)17(11)19/h4-5,9,12-14,21-22H,6-8,10H2,1-3H3/t12-,13+,14?,19-/m1/s1. The number of phenols is 1. The van der Waals surface area contributed by atoms with Crippen molar-refractivity contribution in [2.24, 2.45) is 5.92 Å². The Balaban J connectivity index is 1.95. The number of benzene rings is 1. The monoisotopic (exact) mass is 331 g/mol. The fourth-order valence-corrected chi connectivity index (χ4v) is 5.20. The Hall–Kier alpha value is -1.72. The van der Waals surface area contributed by atoms with E-state index < -0.39 is 6.10 Å². The summed E-state index contributed by atoms with van der Waals surface area (Å²) in [5.41, 5.74) is 1.88. The van der Waals surface area contributed by atoms with Crippen LogP contribution in [0.4, 0.5) is 0 Å². The molecule has 4 rings (SSSR count). The van der Waals surface area contributed by atoms with Crippen LogP contribution < -0.4 is 4.74 Å². The lowest BCUT2D eigenvalue weighted by Gasteiger charge is -2.57. The van der Waals surface area contributed by atoms with Crippen LogP contribution in [-0.4, -0.2) is 55.1 Å². The van der Waals surface area contributed by atoms with Gasteiger partial charge in [0.15, 0.2) is 11.5 Å². The molecule has 4 atom stereocenters. The highest BCUT2D eigenvalue weighted by atomic mass is 16.5. The molecule has 0 spiro atoms. The van der Waals surface area contributed by atoms with Gasteiger partial charge in [-0.05, 0) is 50.6 Å². The third kappa shape index (κ3) is 1.94. The Kier molecular flexibility index (Phi) is 3.55. The van der Waals surface area contributed by atoms with E-state index in [9.17, 15) is 10.2 Å². The molecular weight excluding hydrogens is 306 g/mol. The third-order valence-electron chi connectivity index (χ3n) is 6.37. The van der Waals surface area contributed by atoms with Gasteiger partial charge in [-0.25, -0.2) is 0 Å². The Bertz CT molecular complexity index is 701. The smallest absolute Gasteiger partial charge is 0.161 e. The minimum absolute atomic E-state index is 0.222. The molecule has 0 aromatic heterocycles. The number of methoxy groups -OCH3 is 2. The third-order valence-corrected chi connectivity index (χ3v) is 6.37. The van der Waals surface area contributed by atoms with Crippen molar-refractivity contribution in [2.75, 3.05) is 27.8 Å². The zero-order valence-corrected chi connectivity index (χ0v) is 14.5. The van der Waals surface area contributed by atoms with E-state index in [1.807, 2.05) is 6.07 Å². The van der Waals surface area contributed by atoms with Crippen LogP contribution in [0.5, 0.6) is 11.5 Å². The molecule has 1 saturated heterocycles. The lowest BCUT2D eigenvalue weighted by molar-refractivity contribution is -0.00381. The van der Waals surface area contributed by atoms with Crippen LogP contribution in [0.2, 0.25) is 0 Å². The van der Waals surface area contributed by atoms with Gasteiger partial charge in [0, 0.05) is 22.9 Å². The van der Waals surface area contributed by atoms with Crippen LogP contribution in [0.15, 0.2) is 24.0 Å². The van der Waals surface area contributed by atoms with Crippen molar-refractivity contribution < 1.29 is 19.7 Å². The summed E-state index contributed by atoms with van der Waals surface area (Å²) in [4.78, 5) is 2.40. The number of phenolic OH excluding ortho intramolecular Hbond substituents is 1. The van der Waals surface area contributed by atoms with Gasteiger partial charge in [0.25, 0.3) is 0 Å². The number of aromatic hydroxyl groups is 1. The van der Waals surface area contributed by atoms with Crippen molar-refractivity contribution in [2.45, 2.75) is 36.8 Å². The summed E-state index contributed by atoms with van der Waals surface area (Å²) < 4.78 is 10.8. The molecule has 0 amide bonds. The van der Waals surface area contributed by atoms with Gasteiger partial charge in [0.2, 0.25) is 0 Å². The minimum Gasteiger partial charge on any atom is -0.504 e. The van der Waals surface area contributed by atoms with Crippen molar-refractivity contribution >= 4 is 0 Å². The zero-order valence-electron chi connectivity index (χ0n) is 14.5. The molecule has 1 fully saturated rings. The SMILES string of the molecule is COC1=C[C@@H]2[C@@H]3Cc4ccc(OC)c(O)c4[C@]2(CCN3C)CC1O. The minimum atomic E-state index is -0.633. The van der Waals surface area contributed by atoms with Gasteiger partial charge in [-0.1, -0.05) is 6.07 Å². The summed E-state index contributed by atoms with van der Waals surface area (Å²) in [6.45, 7) is 0.958. The molecule has 2 bridgehead atoms. The Morgan fingerprint density at radius 3 is 2.75 bits per heavy atom. The molecule has 1 unspecified atom stereocenters. The average molecular weight is 331 g/mol. The van der Waals surface area contributed by atoms with Crippen LogP contribution in [0.25, 0.3) is 0 Å². The second-order valence-corrected chi connectivity index (χ2v) is 7.33. The number of likely N-dealkylation sites (tertiary alicyclic amines) is 1. The van der Waals surface area contributed by atoms with Crippen LogP contribution in [0.1, 0.15) is 24.0 Å². The molecule has 0 radical (unpaired) electrons. The Labute approximate surface area is 142 Å². The zero-order chi connectivity index (χ0) is 17.1. The number of ether oxygens (including phenoxy) is 2. The van der Waals surface area contributed by atoms with Crippen molar-refractivity contribution in [3.05, 3.63) is 35.1 Å². The largest absolute Gasteiger partial charge is 0.504 e. The normalized spacial score (nSPS) is 34.8. The number of rotatable bonds is 2. The number of aliphatic hydroxyl groups excluding tert-OH is 1. The van der Waals surface area contributed by atoms with E-state index in [1.54, 1.807) is 14.2 Å². The number of nitrogens with zero attached hydrogens (tertiary/aromatic N) is 1. The van der Waals surface area contributed by atoms with Gasteiger partial charge in [0.1, 0.15) is 11.9 Å². The van der Waals surface area contributed by atoms with Gasteiger partial charge in [0.05, 0.1) is 14.2 Å². The summed E-state index contributed by atoms with van der Waals surface area (Å²) in [6, 6.07) is 4.27. The molecule has 24 heavy (non-hydrogen) atoms. The van der Waals surface area contributed by atoms with Crippen molar-refractivity contribution in [1.82, 2.24) is 4.90 Å². The molecule has 5 nitrogen and oxygen atoms in total. The highest BCUT2D eigenvalue weighted by Gasteiger charge is 2.56. The molecule has 2 N–H and O–H groups in total. The molecule has 1 aromatic rings. The molecule has 130 valence electrons. The molecule has 0 saturated carbocycles. The maximum atomic E-state index is 10.9. The number of piperidine rings is 1. The van der Waals surface area contributed by atoms with Crippen LogP contribution in [0.3, 0.4) is 0 Å². The topological polar surface area (TPSA) is 62.2 Å². The van der Waals surface area contributed by atoms with Gasteiger partial charge < -0.3 is 24.6 Å². The molecule has 1 heterocycles. The van der Waals surface area contributed by atoms with Crippen LogP contribution in [0, 0.1) is 5.92 Å². The number of hydrogen-bond donors (Lipinski definition) is 2.